The van der Waals surface area contributed by atoms with Crippen LogP contribution in [-0.4, -0.2) is 24.4 Å². The maximum Gasteiger partial charge on any atom is 0.253 e. The third-order valence-corrected chi connectivity index (χ3v) is 4.02. The molecule has 0 spiro atoms. The van der Waals surface area contributed by atoms with E-state index in [4.69, 9.17) is 11.6 Å². The second-order valence-electron chi connectivity index (χ2n) is 5.82. The zero-order chi connectivity index (χ0) is 17.8. The summed E-state index contributed by atoms with van der Waals surface area (Å²) in [5, 5.41) is 8.45. The van der Waals surface area contributed by atoms with Gasteiger partial charge in [0.15, 0.2) is 0 Å². The normalized spacial score (nSPS) is 13.2. The van der Waals surface area contributed by atoms with Gasteiger partial charge in [-0.15, -0.1) is 0 Å². The van der Waals surface area contributed by atoms with E-state index in [1.54, 1.807) is 24.3 Å². The van der Waals surface area contributed by atoms with Gasteiger partial charge in [-0.1, -0.05) is 23.7 Å². The first-order valence-electron chi connectivity index (χ1n) is 7.91. The number of anilines is 2. The molecule has 3 rings (SSSR count). The van der Waals surface area contributed by atoms with Crippen LogP contribution in [0.1, 0.15) is 23.2 Å². The van der Waals surface area contributed by atoms with Gasteiger partial charge in [0.2, 0.25) is 5.91 Å². The molecule has 0 unspecified atom stereocenters. The van der Waals surface area contributed by atoms with Gasteiger partial charge in [-0.25, -0.2) is 4.39 Å². The van der Waals surface area contributed by atoms with Crippen molar-refractivity contribution in [3.63, 3.8) is 0 Å². The van der Waals surface area contributed by atoms with Gasteiger partial charge < -0.3 is 16.0 Å². The van der Waals surface area contributed by atoms with Crippen molar-refractivity contribution < 1.29 is 14.0 Å². The summed E-state index contributed by atoms with van der Waals surface area (Å²) >= 11 is 5.70. The van der Waals surface area contributed by atoms with Gasteiger partial charge >= 0.3 is 0 Å². The van der Waals surface area contributed by atoms with Gasteiger partial charge in [-0.2, -0.15) is 0 Å². The summed E-state index contributed by atoms with van der Waals surface area (Å²) in [4.78, 5) is 24.4. The molecule has 25 heavy (non-hydrogen) atoms. The molecule has 0 aliphatic heterocycles. The minimum absolute atomic E-state index is 0.0208. The Bertz CT molecular complexity index is 809. The lowest BCUT2D eigenvalue weighted by atomic mass is 10.1. The molecule has 1 aliphatic rings. The van der Waals surface area contributed by atoms with Crippen molar-refractivity contribution in [1.29, 1.82) is 0 Å². The first-order chi connectivity index (χ1) is 12.0. The second-order valence-corrected chi connectivity index (χ2v) is 6.23. The fourth-order valence-electron chi connectivity index (χ4n) is 2.26. The lowest BCUT2D eigenvalue weighted by Gasteiger charge is -2.12. The quantitative estimate of drug-likeness (QED) is 0.738. The summed E-state index contributed by atoms with van der Waals surface area (Å²) in [7, 11) is 0. The zero-order valence-corrected chi connectivity index (χ0v) is 14.1. The van der Waals surface area contributed by atoms with E-state index in [0.717, 1.165) is 12.8 Å². The van der Waals surface area contributed by atoms with Gasteiger partial charge in [0.25, 0.3) is 5.91 Å². The molecular formula is C18H17ClFN3O2. The third-order valence-electron chi connectivity index (χ3n) is 3.73. The van der Waals surface area contributed by atoms with Gasteiger partial charge in [-0.3, -0.25) is 9.59 Å². The predicted octanol–water partition coefficient (Wildman–Crippen LogP) is 3.42. The minimum atomic E-state index is -0.521. The zero-order valence-electron chi connectivity index (χ0n) is 13.3. The standard InChI is InChI=1S/C18H17ClFN3O2/c19-14-9-12(7-8-15(14)20)21-10-17(24)23-16-4-2-1-3-13(16)18(25)22-11-5-6-11/h1-4,7-9,11,21H,5-6,10H2,(H,22,25)(H,23,24). The average Bonchev–Trinajstić information content (AvgIpc) is 3.40. The van der Waals surface area contributed by atoms with Crippen molar-refractivity contribution in [3.8, 4) is 0 Å². The first-order valence-corrected chi connectivity index (χ1v) is 8.29. The Hall–Kier alpha value is -2.60. The SMILES string of the molecule is O=C(CNc1ccc(F)c(Cl)c1)Nc1ccccc1C(=O)NC1CC1. The number of amides is 2. The van der Waals surface area contributed by atoms with Crippen LogP contribution in [0.4, 0.5) is 15.8 Å². The monoisotopic (exact) mass is 361 g/mol. The molecule has 0 bridgehead atoms. The molecule has 2 aromatic rings. The number of carbonyl (C=O) groups excluding carboxylic acids is 2. The smallest absolute Gasteiger partial charge is 0.253 e. The molecule has 1 aliphatic carbocycles. The molecule has 3 N–H and O–H groups in total. The van der Waals surface area contributed by atoms with E-state index >= 15 is 0 Å². The fraction of sp³-hybridized carbons (Fsp3) is 0.222. The Balaban J connectivity index is 1.60. The predicted molar refractivity (Wildman–Crippen MR) is 95.5 cm³/mol. The van der Waals surface area contributed by atoms with E-state index < -0.39 is 5.82 Å². The number of para-hydroxylation sites is 1. The molecule has 0 heterocycles. The highest BCUT2D eigenvalue weighted by Crippen LogP contribution is 2.22. The van der Waals surface area contributed by atoms with Crippen LogP contribution in [0.15, 0.2) is 42.5 Å². The average molecular weight is 362 g/mol. The van der Waals surface area contributed by atoms with Crippen molar-refractivity contribution in [2.24, 2.45) is 0 Å². The Labute approximate surface area is 149 Å². The van der Waals surface area contributed by atoms with Crippen LogP contribution in [0.25, 0.3) is 0 Å². The lowest BCUT2D eigenvalue weighted by Crippen LogP contribution is -2.28. The van der Waals surface area contributed by atoms with E-state index in [2.05, 4.69) is 16.0 Å². The Kier molecular flexibility index (Phi) is 5.19. The van der Waals surface area contributed by atoms with Gasteiger partial charge in [0.05, 0.1) is 22.8 Å². The molecular weight excluding hydrogens is 345 g/mol. The van der Waals surface area contributed by atoms with Crippen molar-refractivity contribution in [3.05, 3.63) is 58.9 Å². The third kappa shape index (κ3) is 4.70. The van der Waals surface area contributed by atoms with Crippen LogP contribution < -0.4 is 16.0 Å². The summed E-state index contributed by atoms with van der Waals surface area (Å²) in [5.74, 6) is -1.05. The minimum Gasteiger partial charge on any atom is -0.376 e. The molecule has 0 saturated heterocycles. The van der Waals surface area contributed by atoms with Crippen LogP contribution in [-0.2, 0) is 4.79 Å². The van der Waals surface area contributed by atoms with Crippen LogP contribution in [0.3, 0.4) is 0 Å². The molecule has 2 aromatic carbocycles. The van der Waals surface area contributed by atoms with E-state index in [1.165, 1.54) is 18.2 Å². The number of halogens is 2. The lowest BCUT2D eigenvalue weighted by molar-refractivity contribution is -0.114. The van der Waals surface area contributed by atoms with Crippen molar-refractivity contribution in [2.45, 2.75) is 18.9 Å². The number of hydrogen-bond donors (Lipinski definition) is 3. The highest BCUT2D eigenvalue weighted by atomic mass is 35.5. The van der Waals surface area contributed by atoms with Crippen molar-refractivity contribution >= 4 is 34.8 Å². The molecule has 0 aromatic heterocycles. The summed E-state index contributed by atoms with van der Waals surface area (Å²) < 4.78 is 13.1. The van der Waals surface area contributed by atoms with Gasteiger partial charge in [0, 0.05) is 11.7 Å². The molecule has 1 saturated carbocycles. The summed E-state index contributed by atoms with van der Waals surface area (Å²) in [6.07, 6.45) is 1.98. The molecule has 2 amide bonds. The summed E-state index contributed by atoms with van der Waals surface area (Å²) in [6.45, 7) is -0.0411. The maximum absolute atomic E-state index is 13.1. The van der Waals surface area contributed by atoms with E-state index in [1.807, 2.05) is 0 Å². The number of rotatable bonds is 6. The second kappa shape index (κ2) is 7.53. The number of carbonyl (C=O) groups is 2. The molecule has 1 fully saturated rings. The number of benzene rings is 2. The Morgan fingerprint density at radius 1 is 1.16 bits per heavy atom. The maximum atomic E-state index is 13.1. The molecule has 0 atom stereocenters. The van der Waals surface area contributed by atoms with E-state index in [0.29, 0.717) is 16.9 Å². The van der Waals surface area contributed by atoms with Crippen molar-refractivity contribution in [2.75, 3.05) is 17.2 Å². The molecule has 130 valence electrons. The van der Waals surface area contributed by atoms with E-state index in [9.17, 15) is 14.0 Å². The van der Waals surface area contributed by atoms with Crippen LogP contribution in [0.2, 0.25) is 5.02 Å². The van der Waals surface area contributed by atoms with Crippen molar-refractivity contribution in [1.82, 2.24) is 5.32 Å². The number of nitrogens with one attached hydrogen (secondary N) is 3. The molecule has 7 heteroatoms. The number of hydrogen-bond acceptors (Lipinski definition) is 3. The fourth-order valence-corrected chi connectivity index (χ4v) is 2.44. The summed E-state index contributed by atoms with van der Waals surface area (Å²) in [6, 6.07) is 11.2. The molecule has 0 radical (unpaired) electrons. The van der Waals surface area contributed by atoms with Crippen LogP contribution in [0, 0.1) is 5.82 Å². The molecule has 5 nitrogen and oxygen atoms in total. The largest absolute Gasteiger partial charge is 0.376 e. The highest BCUT2D eigenvalue weighted by molar-refractivity contribution is 6.31. The van der Waals surface area contributed by atoms with Gasteiger partial charge in [0.1, 0.15) is 5.82 Å². The van der Waals surface area contributed by atoms with Gasteiger partial charge in [-0.05, 0) is 43.2 Å². The Morgan fingerprint density at radius 3 is 2.64 bits per heavy atom. The topological polar surface area (TPSA) is 70.2 Å². The summed E-state index contributed by atoms with van der Waals surface area (Å²) in [5.41, 5.74) is 1.40. The van der Waals surface area contributed by atoms with Crippen LogP contribution in [0.5, 0.6) is 0 Å². The van der Waals surface area contributed by atoms with Crippen LogP contribution >= 0.6 is 11.6 Å². The Morgan fingerprint density at radius 2 is 1.92 bits per heavy atom. The highest BCUT2D eigenvalue weighted by Gasteiger charge is 2.24. The first kappa shape index (κ1) is 17.2. The van der Waals surface area contributed by atoms with E-state index in [-0.39, 0.29) is 29.4 Å².